The van der Waals surface area contributed by atoms with Gasteiger partial charge in [0.05, 0.1) is 33.7 Å². The van der Waals surface area contributed by atoms with Gasteiger partial charge in [0.15, 0.2) is 5.82 Å². The summed E-state index contributed by atoms with van der Waals surface area (Å²) in [5.74, 6) is 0.636. The number of aromatic nitrogens is 3. The molecule has 4 heteroatoms. The predicted octanol–water partition coefficient (Wildman–Crippen LogP) is 11.7. The third-order valence-corrected chi connectivity index (χ3v) is 11.5. The molecule has 1 aliphatic rings. The van der Waals surface area contributed by atoms with Gasteiger partial charge in [0, 0.05) is 42.3 Å². The highest BCUT2D eigenvalue weighted by Gasteiger charge is 2.37. The Bertz CT molecular complexity index is 2680. The summed E-state index contributed by atoms with van der Waals surface area (Å²) in [5, 5.41) is 3.89. The summed E-state index contributed by atoms with van der Waals surface area (Å²) in [4.78, 5) is 11.4. The first kappa shape index (κ1) is 28.0. The number of hydrogen-bond acceptors (Lipinski definition) is 3. The summed E-state index contributed by atoms with van der Waals surface area (Å²) in [6.07, 6.45) is 0. The fraction of sp³-hybridized carbons (Fsp3) is 0.0667. The Labute approximate surface area is 288 Å². The summed E-state index contributed by atoms with van der Waals surface area (Å²) in [6.45, 7) is 4.76. The molecule has 9 aromatic rings. The molecular weight excluding hydrogens is 615 g/mol. The first-order valence-corrected chi connectivity index (χ1v) is 17.4. The highest BCUT2D eigenvalue weighted by Crippen LogP contribution is 2.53. The van der Waals surface area contributed by atoms with Crippen LogP contribution in [0.2, 0.25) is 0 Å². The molecule has 230 valence electrons. The minimum absolute atomic E-state index is 0.0927. The van der Waals surface area contributed by atoms with Gasteiger partial charge >= 0.3 is 0 Å². The zero-order chi connectivity index (χ0) is 32.7. The fourth-order valence-corrected chi connectivity index (χ4v) is 8.90. The van der Waals surface area contributed by atoms with Crippen LogP contribution in [0.1, 0.15) is 24.3 Å². The van der Waals surface area contributed by atoms with E-state index in [9.17, 15) is 0 Å². The van der Waals surface area contributed by atoms with Gasteiger partial charge in [-0.3, -0.25) is 0 Å². The third-order valence-electron chi connectivity index (χ3n) is 10.00. The van der Waals surface area contributed by atoms with Crippen LogP contribution >= 0.6 is 11.3 Å². The second kappa shape index (κ2) is 10.5. The molecule has 0 aliphatic carbocycles. The zero-order valence-corrected chi connectivity index (χ0v) is 27.8. The molecule has 3 nitrogen and oxygen atoms in total. The number of thiophene rings is 1. The molecule has 0 saturated carbocycles. The van der Waals surface area contributed by atoms with Gasteiger partial charge in [-0.1, -0.05) is 123 Å². The van der Waals surface area contributed by atoms with Gasteiger partial charge in [0.2, 0.25) is 0 Å². The van der Waals surface area contributed by atoms with Crippen molar-refractivity contribution in [2.45, 2.75) is 19.3 Å². The van der Waals surface area contributed by atoms with Gasteiger partial charge in [0.25, 0.3) is 0 Å². The molecule has 0 atom stereocenters. The maximum Gasteiger partial charge on any atom is 0.168 e. The number of hydrogen-bond donors (Lipinski definition) is 0. The second-order valence-corrected chi connectivity index (χ2v) is 14.3. The predicted molar refractivity (Wildman–Crippen MR) is 203 cm³/mol. The van der Waals surface area contributed by atoms with Crippen molar-refractivity contribution in [3.8, 4) is 50.7 Å². The van der Waals surface area contributed by atoms with E-state index in [0.29, 0.717) is 5.82 Å². The topological polar surface area (TPSA) is 30.7 Å². The molecule has 0 N–H and O–H groups in total. The normalized spacial score (nSPS) is 13.1. The van der Waals surface area contributed by atoms with Crippen LogP contribution < -0.4 is 0 Å². The lowest BCUT2D eigenvalue weighted by Gasteiger charge is -2.32. The number of nitrogens with zero attached hydrogens (tertiary/aromatic N) is 3. The number of benzene rings is 5. The monoisotopic (exact) mass is 643 g/mol. The van der Waals surface area contributed by atoms with Crippen molar-refractivity contribution in [1.29, 1.82) is 0 Å². The Morgan fingerprint density at radius 3 is 2.20 bits per heavy atom. The average Bonchev–Trinajstić information content (AvgIpc) is 3.71. The average molecular weight is 644 g/mol. The zero-order valence-electron chi connectivity index (χ0n) is 27.0. The van der Waals surface area contributed by atoms with E-state index in [1.165, 1.54) is 53.6 Å². The molecule has 4 heterocycles. The molecule has 6 aromatic carbocycles. The summed E-state index contributed by atoms with van der Waals surface area (Å²) in [6, 6.07) is 55.8. The molecule has 0 spiro atoms. The van der Waals surface area contributed by atoms with E-state index in [1.54, 1.807) is 0 Å². The van der Waals surface area contributed by atoms with Crippen LogP contribution in [-0.2, 0) is 5.41 Å². The fourth-order valence-electron chi connectivity index (χ4n) is 7.60. The van der Waals surface area contributed by atoms with Crippen LogP contribution in [-0.4, -0.2) is 14.5 Å². The van der Waals surface area contributed by atoms with E-state index in [1.807, 2.05) is 47.7 Å². The molecule has 0 fully saturated rings. The lowest BCUT2D eigenvalue weighted by molar-refractivity contribution is 0.647. The molecule has 49 heavy (non-hydrogen) atoms. The lowest BCUT2D eigenvalue weighted by atomic mass is 9.79. The van der Waals surface area contributed by atoms with Gasteiger partial charge in [-0.25, -0.2) is 9.97 Å². The van der Waals surface area contributed by atoms with E-state index >= 15 is 0 Å². The first-order valence-electron chi connectivity index (χ1n) is 16.6. The summed E-state index contributed by atoms with van der Waals surface area (Å²) in [5.41, 5.74) is 12.2. The standard InChI is InChI=1S/C45H29N3S/c1-45(2)36-21-12-20-33-35-26-31(23-24-39(35)48(41(33)36)42-34-19-9-10-22-40(34)49-43(42)45)30-17-11-18-32(25-30)38-27-37(28-13-5-3-6-14-28)46-44(47-38)29-15-7-4-8-16-29/h3-7,9-15,17-27H,1-2H3. The Morgan fingerprint density at radius 1 is 0.612 bits per heavy atom. The summed E-state index contributed by atoms with van der Waals surface area (Å²) >= 11 is 1.93. The third kappa shape index (κ3) is 4.23. The molecule has 0 unspecified atom stereocenters. The second-order valence-electron chi connectivity index (χ2n) is 13.3. The van der Waals surface area contributed by atoms with Crippen LogP contribution in [0, 0.1) is 12.1 Å². The Balaban J connectivity index is 1.15. The van der Waals surface area contributed by atoms with Crippen LogP contribution in [0.3, 0.4) is 0 Å². The maximum atomic E-state index is 5.05. The summed E-state index contributed by atoms with van der Waals surface area (Å²) in [7, 11) is 0. The number of fused-ring (bicyclic) bond motifs is 7. The Morgan fingerprint density at radius 2 is 1.35 bits per heavy atom. The molecule has 0 amide bonds. The summed E-state index contributed by atoms with van der Waals surface area (Å²) < 4.78 is 3.87. The van der Waals surface area contributed by atoms with Crippen molar-refractivity contribution >= 4 is 43.2 Å². The molecule has 0 radical (unpaired) electrons. The maximum absolute atomic E-state index is 5.05. The minimum atomic E-state index is -0.0927. The van der Waals surface area contributed by atoms with Crippen molar-refractivity contribution in [2.24, 2.45) is 0 Å². The molecule has 0 saturated heterocycles. The van der Waals surface area contributed by atoms with Gasteiger partial charge in [-0.15, -0.1) is 11.3 Å². The van der Waals surface area contributed by atoms with E-state index in [-0.39, 0.29) is 5.41 Å². The van der Waals surface area contributed by atoms with Crippen molar-refractivity contribution in [3.63, 3.8) is 0 Å². The number of rotatable bonds is 4. The van der Waals surface area contributed by atoms with Crippen molar-refractivity contribution in [3.05, 3.63) is 162 Å². The van der Waals surface area contributed by atoms with E-state index in [4.69, 9.17) is 9.97 Å². The van der Waals surface area contributed by atoms with Crippen LogP contribution in [0.15, 0.2) is 140 Å². The molecule has 0 bridgehead atoms. The highest BCUT2D eigenvalue weighted by atomic mass is 32.1. The molecule has 10 rings (SSSR count). The van der Waals surface area contributed by atoms with Crippen molar-refractivity contribution in [2.75, 3.05) is 0 Å². The van der Waals surface area contributed by atoms with Gasteiger partial charge in [0.1, 0.15) is 0 Å². The van der Waals surface area contributed by atoms with Gasteiger partial charge in [-0.2, -0.15) is 0 Å². The Hall–Kier alpha value is -6.02. The van der Waals surface area contributed by atoms with Gasteiger partial charge < -0.3 is 4.57 Å². The highest BCUT2D eigenvalue weighted by molar-refractivity contribution is 7.19. The van der Waals surface area contributed by atoms with Gasteiger partial charge in [-0.05, 0) is 59.2 Å². The van der Waals surface area contributed by atoms with E-state index < -0.39 is 0 Å². The van der Waals surface area contributed by atoms with Crippen molar-refractivity contribution in [1.82, 2.24) is 14.5 Å². The molecule has 3 aromatic heterocycles. The molecule has 1 aliphatic heterocycles. The van der Waals surface area contributed by atoms with E-state index in [2.05, 4.69) is 134 Å². The van der Waals surface area contributed by atoms with Crippen LogP contribution in [0.25, 0.3) is 82.6 Å². The smallest absolute Gasteiger partial charge is 0.168 e. The quantitative estimate of drug-likeness (QED) is 0.191. The molecular formula is C45H29N3S. The van der Waals surface area contributed by atoms with Crippen molar-refractivity contribution < 1.29 is 0 Å². The van der Waals surface area contributed by atoms with E-state index in [0.717, 1.165) is 33.6 Å². The lowest BCUT2D eigenvalue weighted by Crippen LogP contribution is -2.24. The number of para-hydroxylation sites is 1. The minimum Gasteiger partial charge on any atom is -0.307 e. The first-order chi connectivity index (χ1) is 24.0. The van der Waals surface area contributed by atoms with Crippen LogP contribution in [0.5, 0.6) is 0 Å². The SMILES string of the molecule is CC1(C)c2sc3ccccc3c2-n2c3ccc(-c4cccc(-c5cc(-c6ccccc6)nc(-c6c#cccc6)n5)c4)cc3c3cccc1c32. The largest absolute Gasteiger partial charge is 0.307 e. The van der Waals surface area contributed by atoms with Crippen LogP contribution in [0.4, 0.5) is 0 Å². The Kier molecular flexibility index (Phi) is 6.00.